The lowest BCUT2D eigenvalue weighted by atomic mass is 10.1. The first-order chi connectivity index (χ1) is 8.46. The molecule has 4 nitrogen and oxygen atoms in total. The number of rotatable bonds is 4. The number of hydrogen-bond acceptors (Lipinski definition) is 4. The Labute approximate surface area is 107 Å². The van der Waals surface area contributed by atoms with Crippen LogP contribution in [-0.4, -0.2) is 31.5 Å². The van der Waals surface area contributed by atoms with Crippen LogP contribution in [0.3, 0.4) is 0 Å². The maximum Gasteiger partial charge on any atom is 0.149 e. The molecule has 0 aliphatic heterocycles. The Kier molecular flexibility index (Phi) is 3.52. The molecule has 2 aromatic rings. The second-order valence-electron chi connectivity index (χ2n) is 4.52. The largest absolute Gasteiger partial charge is 0.366 e. The molecule has 1 aromatic carbocycles. The minimum atomic E-state index is -2.99. The van der Waals surface area contributed by atoms with E-state index in [-0.39, 0.29) is 11.8 Å². The summed E-state index contributed by atoms with van der Waals surface area (Å²) in [5.74, 6) is 0.821. The summed E-state index contributed by atoms with van der Waals surface area (Å²) in [6, 6.07) is 9.64. The van der Waals surface area contributed by atoms with E-state index < -0.39 is 9.84 Å². The first-order valence-corrected chi connectivity index (χ1v) is 7.80. The molecule has 0 aliphatic carbocycles. The maximum atomic E-state index is 11.2. The molecular weight excluding hydrogens is 248 g/mol. The predicted molar refractivity (Wildman–Crippen MR) is 74.5 cm³/mol. The fourth-order valence-electron chi connectivity index (χ4n) is 1.96. The van der Waals surface area contributed by atoms with Crippen LogP contribution in [0.2, 0.25) is 0 Å². The summed E-state index contributed by atoms with van der Waals surface area (Å²) in [5, 5.41) is 5.24. The first-order valence-electron chi connectivity index (χ1n) is 5.74. The highest BCUT2D eigenvalue weighted by molar-refractivity contribution is 7.90. The molecule has 0 aliphatic rings. The van der Waals surface area contributed by atoms with Gasteiger partial charge in [-0.25, -0.2) is 13.4 Å². The van der Waals surface area contributed by atoms with Crippen LogP contribution in [0.1, 0.15) is 6.92 Å². The van der Waals surface area contributed by atoms with Gasteiger partial charge in [-0.1, -0.05) is 24.3 Å². The van der Waals surface area contributed by atoms with Gasteiger partial charge in [0.1, 0.15) is 15.7 Å². The number of fused-ring (bicyclic) bond motifs is 1. The van der Waals surface area contributed by atoms with E-state index in [9.17, 15) is 8.42 Å². The van der Waals surface area contributed by atoms with E-state index in [1.807, 2.05) is 37.3 Å². The van der Waals surface area contributed by atoms with Crippen molar-refractivity contribution in [1.82, 2.24) is 4.98 Å². The number of anilines is 1. The Morgan fingerprint density at radius 2 is 2.00 bits per heavy atom. The number of benzene rings is 1. The minimum absolute atomic E-state index is 0.0951. The number of nitrogens with zero attached hydrogens (tertiary/aromatic N) is 1. The van der Waals surface area contributed by atoms with Gasteiger partial charge in [-0.15, -0.1) is 0 Å². The van der Waals surface area contributed by atoms with Gasteiger partial charge in [-0.3, -0.25) is 0 Å². The zero-order valence-electron chi connectivity index (χ0n) is 10.4. The first kappa shape index (κ1) is 12.8. The van der Waals surface area contributed by atoms with E-state index in [0.29, 0.717) is 0 Å². The number of pyridine rings is 1. The topological polar surface area (TPSA) is 59.1 Å². The Morgan fingerprint density at radius 3 is 2.72 bits per heavy atom. The lowest BCUT2D eigenvalue weighted by molar-refractivity contribution is 0.598. The lowest BCUT2D eigenvalue weighted by Crippen LogP contribution is -2.25. The van der Waals surface area contributed by atoms with Gasteiger partial charge in [-0.05, 0) is 18.4 Å². The highest BCUT2D eigenvalue weighted by Crippen LogP contribution is 2.20. The third-order valence-corrected chi connectivity index (χ3v) is 3.72. The SMILES string of the molecule is CC(CS(C)(=O)=O)Nc1nccc2ccccc12. The summed E-state index contributed by atoms with van der Waals surface area (Å²) < 4.78 is 22.5. The predicted octanol–water partition coefficient (Wildman–Crippen LogP) is 2.08. The quantitative estimate of drug-likeness (QED) is 0.918. The molecule has 1 atom stereocenters. The van der Waals surface area contributed by atoms with Crippen molar-refractivity contribution in [2.75, 3.05) is 17.3 Å². The van der Waals surface area contributed by atoms with Crippen LogP contribution in [0.25, 0.3) is 10.8 Å². The maximum absolute atomic E-state index is 11.2. The van der Waals surface area contributed by atoms with Gasteiger partial charge < -0.3 is 5.32 Å². The molecule has 0 saturated carbocycles. The molecule has 1 unspecified atom stereocenters. The zero-order chi connectivity index (χ0) is 13.2. The van der Waals surface area contributed by atoms with E-state index in [2.05, 4.69) is 10.3 Å². The van der Waals surface area contributed by atoms with Crippen molar-refractivity contribution in [2.45, 2.75) is 13.0 Å². The molecule has 0 saturated heterocycles. The summed E-state index contributed by atoms with van der Waals surface area (Å²) in [6.45, 7) is 1.84. The normalized spacial score (nSPS) is 13.4. The third kappa shape index (κ3) is 3.20. The fourth-order valence-corrected chi connectivity index (χ4v) is 2.96. The zero-order valence-corrected chi connectivity index (χ0v) is 11.2. The second-order valence-corrected chi connectivity index (χ2v) is 6.70. The van der Waals surface area contributed by atoms with E-state index in [4.69, 9.17) is 0 Å². The smallest absolute Gasteiger partial charge is 0.149 e. The molecule has 2 rings (SSSR count). The van der Waals surface area contributed by atoms with Crippen molar-refractivity contribution in [3.05, 3.63) is 36.5 Å². The van der Waals surface area contributed by atoms with Crippen molar-refractivity contribution >= 4 is 26.4 Å². The van der Waals surface area contributed by atoms with Crippen LogP contribution < -0.4 is 5.32 Å². The second kappa shape index (κ2) is 4.94. The lowest BCUT2D eigenvalue weighted by Gasteiger charge is -2.14. The summed E-state index contributed by atoms with van der Waals surface area (Å²) >= 11 is 0. The molecule has 0 spiro atoms. The van der Waals surface area contributed by atoms with Gasteiger partial charge in [0.25, 0.3) is 0 Å². The highest BCUT2D eigenvalue weighted by atomic mass is 32.2. The molecule has 0 bridgehead atoms. The van der Waals surface area contributed by atoms with Crippen LogP contribution in [0, 0.1) is 0 Å². The summed E-state index contributed by atoms with van der Waals surface area (Å²) in [5.41, 5.74) is 0. The van der Waals surface area contributed by atoms with Crippen LogP contribution in [0.4, 0.5) is 5.82 Å². The van der Waals surface area contributed by atoms with E-state index in [1.54, 1.807) is 6.20 Å². The molecule has 96 valence electrons. The molecule has 1 N–H and O–H groups in total. The Morgan fingerprint density at radius 1 is 1.28 bits per heavy atom. The Hall–Kier alpha value is -1.62. The number of aromatic nitrogens is 1. The Balaban J connectivity index is 2.27. The molecule has 5 heteroatoms. The summed E-state index contributed by atoms with van der Waals surface area (Å²) in [4.78, 5) is 4.27. The van der Waals surface area contributed by atoms with Crippen molar-refractivity contribution in [1.29, 1.82) is 0 Å². The van der Waals surface area contributed by atoms with E-state index in [1.165, 1.54) is 6.26 Å². The monoisotopic (exact) mass is 264 g/mol. The molecule has 18 heavy (non-hydrogen) atoms. The highest BCUT2D eigenvalue weighted by Gasteiger charge is 2.11. The Bertz CT molecular complexity index is 648. The van der Waals surface area contributed by atoms with Gasteiger partial charge in [0.05, 0.1) is 5.75 Å². The number of hydrogen-bond donors (Lipinski definition) is 1. The molecule has 0 amide bonds. The fraction of sp³-hybridized carbons (Fsp3) is 0.308. The molecule has 1 aromatic heterocycles. The van der Waals surface area contributed by atoms with Gasteiger partial charge in [0.15, 0.2) is 0 Å². The van der Waals surface area contributed by atoms with Crippen molar-refractivity contribution in [2.24, 2.45) is 0 Å². The third-order valence-electron chi connectivity index (χ3n) is 2.61. The molecule has 1 heterocycles. The molecular formula is C13H16N2O2S. The minimum Gasteiger partial charge on any atom is -0.366 e. The van der Waals surface area contributed by atoms with Crippen molar-refractivity contribution < 1.29 is 8.42 Å². The van der Waals surface area contributed by atoms with Crippen LogP contribution >= 0.6 is 0 Å². The van der Waals surface area contributed by atoms with E-state index >= 15 is 0 Å². The summed E-state index contributed by atoms with van der Waals surface area (Å²) in [6.07, 6.45) is 2.96. The average Bonchev–Trinajstić information content (AvgIpc) is 2.27. The average molecular weight is 264 g/mol. The molecule has 0 fully saturated rings. The van der Waals surface area contributed by atoms with Crippen LogP contribution in [0.5, 0.6) is 0 Å². The van der Waals surface area contributed by atoms with Crippen LogP contribution in [0.15, 0.2) is 36.5 Å². The molecule has 0 radical (unpaired) electrons. The summed E-state index contributed by atoms with van der Waals surface area (Å²) in [7, 11) is -2.99. The van der Waals surface area contributed by atoms with Gasteiger partial charge in [0, 0.05) is 23.9 Å². The van der Waals surface area contributed by atoms with Crippen molar-refractivity contribution in [3.63, 3.8) is 0 Å². The van der Waals surface area contributed by atoms with Crippen LogP contribution in [-0.2, 0) is 9.84 Å². The van der Waals surface area contributed by atoms with Crippen molar-refractivity contribution in [3.8, 4) is 0 Å². The number of sulfone groups is 1. The van der Waals surface area contributed by atoms with E-state index in [0.717, 1.165) is 16.6 Å². The van der Waals surface area contributed by atoms with Gasteiger partial charge in [-0.2, -0.15) is 0 Å². The van der Waals surface area contributed by atoms with Gasteiger partial charge >= 0.3 is 0 Å². The van der Waals surface area contributed by atoms with Gasteiger partial charge in [0.2, 0.25) is 0 Å². The number of nitrogens with one attached hydrogen (secondary N) is 1. The standard InChI is InChI=1S/C13H16N2O2S/c1-10(9-18(2,16)17)15-13-12-6-4-3-5-11(12)7-8-14-13/h3-8,10H,9H2,1-2H3,(H,14,15).